The molecule has 2 aromatic carbocycles. The fourth-order valence-corrected chi connectivity index (χ4v) is 3.89. The first-order valence-electron chi connectivity index (χ1n) is 9.25. The Morgan fingerprint density at radius 2 is 1.79 bits per heavy atom. The Kier molecular flexibility index (Phi) is 3.17. The van der Waals surface area contributed by atoms with E-state index in [0.29, 0.717) is 34.2 Å². The maximum absolute atomic E-state index is 12.8. The number of para-hydroxylation sites is 1. The van der Waals surface area contributed by atoms with Crippen molar-refractivity contribution >= 4 is 16.6 Å². The molecule has 5 aromatic rings. The van der Waals surface area contributed by atoms with Gasteiger partial charge in [-0.2, -0.15) is 0 Å². The second-order valence-corrected chi connectivity index (χ2v) is 6.99. The van der Waals surface area contributed by atoms with E-state index in [-0.39, 0.29) is 5.92 Å². The van der Waals surface area contributed by atoms with Crippen LogP contribution in [-0.4, -0.2) is 19.6 Å². The number of ether oxygens (including phenoxy) is 1. The molecule has 1 atom stereocenters. The molecule has 140 valence electrons. The molecule has 7 heteroatoms. The van der Waals surface area contributed by atoms with Crippen LogP contribution in [0.25, 0.3) is 28.0 Å². The molecule has 6 rings (SSSR count). The predicted octanol–water partition coefficient (Wildman–Crippen LogP) is 4.16. The Hall–Kier alpha value is -4.00. The minimum atomic E-state index is -0.415. The maximum atomic E-state index is 12.8. The molecular weight excluding hydrogens is 368 g/mol. The molecule has 0 radical (unpaired) electrons. The van der Waals surface area contributed by atoms with E-state index in [2.05, 4.69) is 10.1 Å². The van der Waals surface area contributed by atoms with Crippen LogP contribution in [0.5, 0.6) is 11.6 Å². The highest BCUT2D eigenvalue weighted by Crippen LogP contribution is 2.45. The zero-order chi connectivity index (χ0) is 19.5. The summed E-state index contributed by atoms with van der Waals surface area (Å²) in [5.41, 5.74) is 2.77. The van der Waals surface area contributed by atoms with Crippen molar-refractivity contribution in [3.8, 4) is 23.0 Å². The number of aromatic nitrogens is 4. The van der Waals surface area contributed by atoms with Crippen molar-refractivity contribution in [3.05, 3.63) is 82.5 Å². The van der Waals surface area contributed by atoms with Gasteiger partial charge < -0.3 is 9.15 Å². The van der Waals surface area contributed by atoms with E-state index in [1.165, 1.54) is 0 Å². The maximum Gasteiger partial charge on any atom is 0.343 e. The largest absolute Gasteiger partial charge is 0.437 e. The minimum Gasteiger partial charge on any atom is -0.437 e. The van der Waals surface area contributed by atoms with Crippen LogP contribution < -0.4 is 10.4 Å². The third-order valence-corrected chi connectivity index (χ3v) is 5.28. The Morgan fingerprint density at radius 3 is 2.66 bits per heavy atom. The van der Waals surface area contributed by atoms with Gasteiger partial charge in [-0.15, -0.1) is 5.10 Å². The zero-order valence-electron chi connectivity index (χ0n) is 15.4. The van der Waals surface area contributed by atoms with Crippen LogP contribution in [0.2, 0.25) is 0 Å². The number of hydrogen-bond acceptors (Lipinski definition) is 6. The number of hydrogen-bond donors (Lipinski definition) is 0. The Bertz CT molecular complexity index is 1470. The second kappa shape index (κ2) is 5.75. The standard InChI is InChI=1S/C22H14N4O3/c1-12-16-18(14-9-5-6-10-15(14)28-22(16)27)29-21-17(12)20-24-19(25-26(20)11-23-21)13-7-3-2-4-8-13/h2-12H,1H3. The summed E-state index contributed by atoms with van der Waals surface area (Å²) < 4.78 is 13.3. The van der Waals surface area contributed by atoms with Gasteiger partial charge in [-0.1, -0.05) is 49.4 Å². The lowest BCUT2D eigenvalue weighted by molar-refractivity contribution is 0.419. The summed E-state index contributed by atoms with van der Waals surface area (Å²) in [6, 6.07) is 17.0. The van der Waals surface area contributed by atoms with Gasteiger partial charge in [0, 0.05) is 11.5 Å². The Morgan fingerprint density at radius 1 is 1.00 bits per heavy atom. The van der Waals surface area contributed by atoms with E-state index < -0.39 is 5.63 Å². The van der Waals surface area contributed by atoms with Gasteiger partial charge in [0.25, 0.3) is 0 Å². The van der Waals surface area contributed by atoms with Gasteiger partial charge in [-0.05, 0) is 12.1 Å². The van der Waals surface area contributed by atoms with E-state index >= 15 is 0 Å². The second-order valence-electron chi connectivity index (χ2n) is 6.99. The molecule has 0 saturated heterocycles. The van der Waals surface area contributed by atoms with Crippen LogP contribution in [0.4, 0.5) is 0 Å². The summed E-state index contributed by atoms with van der Waals surface area (Å²) in [7, 11) is 0. The first-order chi connectivity index (χ1) is 14.2. The first kappa shape index (κ1) is 16.0. The fraction of sp³-hybridized carbons (Fsp3) is 0.0909. The van der Waals surface area contributed by atoms with Crippen LogP contribution in [-0.2, 0) is 0 Å². The van der Waals surface area contributed by atoms with Crippen LogP contribution in [0.1, 0.15) is 24.0 Å². The SMILES string of the molecule is CC1c2c(c3ccccc3oc2=O)Oc2ncn3nc(-c4ccccc4)nc3c21. The van der Waals surface area contributed by atoms with Crippen LogP contribution in [0.15, 0.2) is 70.1 Å². The number of rotatable bonds is 1. The molecule has 0 bridgehead atoms. The predicted molar refractivity (Wildman–Crippen MR) is 106 cm³/mol. The van der Waals surface area contributed by atoms with Crippen molar-refractivity contribution in [2.24, 2.45) is 0 Å². The minimum absolute atomic E-state index is 0.307. The molecule has 0 fully saturated rings. The lowest BCUT2D eigenvalue weighted by Gasteiger charge is -2.24. The van der Waals surface area contributed by atoms with Crippen LogP contribution in [0, 0.1) is 0 Å². The molecule has 1 unspecified atom stereocenters. The van der Waals surface area contributed by atoms with Crippen molar-refractivity contribution in [2.75, 3.05) is 0 Å². The van der Waals surface area contributed by atoms with Crippen molar-refractivity contribution < 1.29 is 9.15 Å². The van der Waals surface area contributed by atoms with E-state index in [0.717, 1.165) is 16.5 Å². The topological polar surface area (TPSA) is 82.5 Å². The van der Waals surface area contributed by atoms with Gasteiger partial charge >= 0.3 is 5.63 Å². The van der Waals surface area contributed by atoms with Crippen LogP contribution >= 0.6 is 0 Å². The molecule has 1 aliphatic heterocycles. The zero-order valence-corrected chi connectivity index (χ0v) is 15.4. The van der Waals surface area contributed by atoms with Crippen molar-refractivity contribution in [2.45, 2.75) is 12.8 Å². The van der Waals surface area contributed by atoms with Crippen molar-refractivity contribution in [1.82, 2.24) is 19.6 Å². The lowest BCUT2D eigenvalue weighted by atomic mass is 9.92. The van der Waals surface area contributed by atoms with Crippen LogP contribution in [0.3, 0.4) is 0 Å². The smallest absolute Gasteiger partial charge is 0.343 e. The molecule has 0 saturated carbocycles. The average molecular weight is 382 g/mol. The normalized spacial score (nSPS) is 15.1. The number of nitrogens with zero attached hydrogens (tertiary/aromatic N) is 4. The van der Waals surface area contributed by atoms with E-state index in [4.69, 9.17) is 14.1 Å². The summed E-state index contributed by atoms with van der Waals surface area (Å²) in [6.07, 6.45) is 1.58. The molecule has 3 aromatic heterocycles. The lowest BCUT2D eigenvalue weighted by Crippen LogP contribution is -2.19. The third-order valence-electron chi connectivity index (χ3n) is 5.28. The number of benzene rings is 2. The van der Waals surface area contributed by atoms with Gasteiger partial charge in [0.2, 0.25) is 5.88 Å². The Labute approximate surface area is 164 Å². The van der Waals surface area contributed by atoms with Gasteiger partial charge in [0.15, 0.2) is 17.2 Å². The van der Waals surface area contributed by atoms with E-state index in [1.807, 2.05) is 55.5 Å². The first-order valence-corrected chi connectivity index (χ1v) is 9.25. The molecule has 0 spiro atoms. The molecule has 7 nitrogen and oxygen atoms in total. The monoisotopic (exact) mass is 382 g/mol. The molecule has 0 amide bonds. The number of fused-ring (bicyclic) bond motifs is 6. The van der Waals surface area contributed by atoms with E-state index in [1.54, 1.807) is 16.9 Å². The summed E-state index contributed by atoms with van der Waals surface area (Å²) in [6.45, 7) is 1.93. The summed E-state index contributed by atoms with van der Waals surface area (Å²) in [5, 5.41) is 5.28. The highest BCUT2D eigenvalue weighted by molar-refractivity contribution is 5.86. The molecular formula is C22H14N4O3. The van der Waals surface area contributed by atoms with Gasteiger partial charge in [-0.25, -0.2) is 19.3 Å². The third kappa shape index (κ3) is 2.24. The highest BCUT2D eigenvalue weighted by Gasteiger charge is 2.33. The quantitative estimate of drug-likeness (QED) is 0.405. The van der Waals surface area contributed by atoms with Gasteiger partial charge in [0.1, 0.15) is 11.9 Å². The molecule has 0 aliphatic carbocycles. The average Bonchev–Trinajstić information content (AvgIpc) is 3.18. The van der Waals surface area contributed by atoms with Gasteiger partial charge in [-0.3, -0.25) is 0 Å². The fourth-order valence-electron chi connectivity index (χ4n) is 3.89. The molecule has 1 aliphatic rings. The summed E-state index contributed by atoms with van der Waals surface area (Å²) in [4.78, 5) is 21.9. The van der Waals surface area contributed by atoms with E-state index in [9.17, 15) is 4.79 Å². The summed E-state index contributed by atoms with van der Waals surface area (Å²) >= 11 is 0. The van der Waals surface area contributed by atoms with Crippen molar-refractivity contribution in [3.63, 3.8) is 0 Å². The summed E-state index contributed by atoms with van der Waals surface area (Å²) in [5.74, 6) is 1.21. The Balaban J connectivity index is 1.60. The molecule has 0 N–H and O–H groups in total. The molecule has 29 heavy (non-hydrogen) atoms. The van der Waals surface area contributed by atoms with Crippen molar-refractivity contribution in [1.29, 1.82) is 0 Å². The molecule has 4 heterocycles. The highest BCUT2D eigenvalue weighted by atomic mass is 16.5. The van der Waals surface area contributed by atoms with Gasteiger partial charge in [0.05, 0.1) is 16.5 Å².